The maximum atomic E-state index is 11.5. The van der Waals surface area contributed by atoms with Crippen molar-refractivity contribution < 1.29 is 19.0 Å². The van der Waals surface area contributed by atoms with Gasteiger partial charge in [0.05, 0.1) is 27.9 Å². The van der Waals surface area contributed by atoms with Crippen LogP contribution in [0.15, 0.2) is 18.2 Å². The van der Waals surface area contributed by atoms with Gasteiger partial charge < -0.3 is 19.5 Å². The predicted molar refractivity (Wildman–Crippen MR) is 77.0 cm³/mol. The molecule has 0 radical (unpaired) electrons. The van der Waals surface area contributed by atoms with E-state index in [0.29, 0.717) is 22.8 Å². The van der Waals surface area contributed by atoms with Gasteiger partial charge in [-0.05, 0) is 18.2 Å². The average molecular weight is 275 g/mol. The Labute approximate surface area is 118 Å². The number of carbonyl (C=O) groups excluding carboxylic acids is 1. The number of nitrogens with one attached hydrogen (secondary N) is 1. The van der Waals surface area contributed by atoms with Crippen LogP contribution in [-0.2, 0) is 4.79 Å². The number of hydrogen-bond donors (Lipinski definition) is 1. The molecule has 5 nitrogen and oxygen atoms in total. The van der Waals surface area contributed by atoms with Crippen LogP contribution in [0.2, 0.25) is 0 Å². The van der Waals surface area contributed by atoms with Crippen molar-refractivity contribution in [2.24, 2.45) is 0 Å². The second-order valence-corrected chi connectivity index (χ2v) is 3.68. The summed E-state index contributed by atoms with van der Waals surface area (Å²) in [6.07, 6.45) is 8.05. The molecule has 0 fully saturated rings. The molecular formula is C15H17NO4. The quantitative estimate of drug-likeness (QED) is 0.631. The van der Waals surface area contributed by atoms with Crippen molar-refractivity contribution in [3.8, 4) is 29.6 Å². The summed E-state index contributed by atoms with van der Waals surface area (Å²) in [5, 5.41) is 2.53. The minimum atomic E-state index is -0.278. The standard InChI is InChI=1S/C15H17NO4/c1-5-10-16-13(17)9-7-11-6-8-12(18-2)15(20-4)14(11)19-3/h1,6-9H,10H2,2-4H3,(H,16,17)/b9-7-. The normalized spacial score (nSPS) is 9.90. The lowest BCUT2D eigenvalue weighted by atomic mass is 10.1. The third kappa shape index (κ3) is 3.69. The molecule has 20 heavy (non-hydrogen) atoms. The lowest BCUT2D eigenvalue weighted by Gasteiger charge is -2.13. The molecule has 1 amide bonds. The topological polar surface area (TPSA) is 56.8 Å². The first-order valence-corrected chi connectivity index (χ1v) is 5.86. The first-order valence-electron chi connectivity index (χ1n) is 5.86. The molecule has 0 heterocycles. The number of benzene rings is 1. The predicted octanol–water partition coefficient (Wildman–Crippen LogP) is 1.47. The summed E-state index contributed by atoms with van der Waals surface area (Å²) in [5.41, 5.74) is 0.695. The summed E-state index contributed by atoms with van der Waals surface area (Å²) in [5.74, 6) is 3.57. The van der Waals surface area contributed by atoms with Crippen LogP contribution in [0.1, 0.15) is 5.56 Å². The number of terminal acetylenes is 1. The van der Waals surface area contributed by atoms with Gasteiger partial charge in [-0.15, -0.1) is 6.42 Å². The second-order valence-electron chi connectivity index (χ2n) is 3.68. The van der Waals surface area contributed by atoms with Crippen LogP contribution < -0.4 is 19.5 Å². The molecule has 0 aliphatic heterocycles. The first-order chi connectivity index (χ1) is 9.67. The summed E-state index contributed by atoms with van der Waals surface area (Å²) < 4.78 is 15.7. The van der Waals surface area contributed by atoms with E-state index in [0.717, 1.165) is 0 Å². The van der Waals surface area contributed by atoms with Crippen molar-refractivity contribution in [1.82, 2.24) is 5.32 Å². The van der Waals surface area contributed by atoms with Gasteiger partial charge >= 0.3 is 0 Å². The minimum absolute atomic E-state index is 0.187. The fourth-order valence-corrected chi connectivity index (χ4v) is 1.62. The number of amides is 1. The molecule has 106 valence electrons. The Morgan fingerprint density at radius 2 is 1.95 bits per heavy atom. The zero-order chi connectivity index (χ0) is 15.0. The van der Waals surface area contributed by atoms with Crippen molar-refractivity contribution in [1.29, 1.82) is 0 Å². The van der Waals surface area contributed by atoms with Gasteiger partial charge in [0, 0.05) is 11.6 Å². The molecule has 0 aromatic heterocycles. The number of methoxy groups -OCH3 is 3. The van der Waals surface area contributed by atoms with E-state index >= 15 is 0 Å². The zero-order valence-corrected chi connectivity index (χ0v) is 11.7. The van der Waals surface area contributed by atoms with E-state index in [1.165, 1.54) is 20.3 Å². The lowest BCUT2D eigenvalue weighted by Crippen LogP contribution is -2.20. The van der Waals surface area contributed by atoms with Crippen LogP contribution in [0.5, 0.6) is 17.2 Å². The van der Waals surface area contributed by atoms with Crippen molar-refractivity contribution >= 4 is 12.0 Å². The molecular weight excluding hydrogens is 258 g/mol. The van der Waals surface area contributed by atoms with Gasteiger partial charge in [0.2, 0.25) is 11.7 Å². The molecule has 5 heteroatoms. The Morgan fingerprint density at radius 1 is 1.25 bits per heavy atom. The molecule has 0 saturated carbocycles. The number of hydrogen-bond acceptors (Lipinski definition) is 4. The first kappa shape index (κ1) is 15.4. The SMILES string of the molecule is C#CCNC(=O)/C=C\c1ccc(OC)c(OC)c1OC. The number of ether oxygens (including phenoxy) is 3. The van der Waals surface area contributed by atoms with Gasteiger partial charge in [-0.3, -0.25) is 4.79 Å². The zero-order valence-electron chi connectivity index (χ0n) is 11.7. The highest BCUT2D eigenvalue weighted by Crippen LogP contribution is 2.40. The highest BCUT2D eigenvalue weighted by Gasteiger charge is 2.14. The molecule has 0 unspecified atom stereocenters. The Hall–Kier alpha value is -2.61. The second kappa shape index (κ2) is 7.74. The van der Waals surface area contributed by atoms with Gasteiger partial charge in [-0.1, -0.05) is 5.92 Å². The molecule has 0 spiro atoms. The van der Waals surface area contributed by atoms with Gasteiger partial charge in [0.25, 0.3) is 0 Å². The van der Waals surface area contributed by atoms with E-state index < -0.39 is 0 Å². The third-order valence-electron chi connectivity index (χ3n) is 2.51. The van der Waals surface area contributed by atoms with Crippen LogP contribution in [0, 0.1) is 12.3 Å². The van der Waals surface area contributed by atoms with Crippen LogP contribution in [0.25, 0.3) is 6.08 Å². The number of carbonyl (C=O) groups is 1. The molecule has 1 aromatic carbocycles. The summed E-state index contributed by atoms with van der Waals surface area (Å²) in [6.45, 7) is 0.187. The molecule has 1 N–H and O–H groups in total. The van der Waals surface area contributed by atoms with E-state index in [1.54, 1.807) is 25.3 Å². The Balaban J connectivity index is 3.04. The Kier molecular flexibility index (Phi) is 5.98. The van der Waals surface area contributed by atoms with Gasteiger partial charge in [0.1, 0.15) is 0 Å². The monoisotopic (exact) mass is 275 g/mol. The lowest BCUT2D eigenvalue weighted by molar-refractivity contribution is -0.116. The van der Waals surface area contributed by atoms with E-state index in [9.17, 15) is 4.79 Å². The molecule has 0 aliphatic rings. The van der Waals surface area contributed by atoms with Gasteiger partial charge in [-0.25, -0.2) is 0 Å². The third-order valence-corrected chi connectivity index (χ3v) is 2.51. The van der Waals surface area contributed by atoms with E-state index in [1.807, 2.05) is 0 Å². The molecule has 0 saturated heterocycles. The summed E-state index contributed by atoms with van der Waals surface area (Å²) in [7, 11) is 4.58. The maximum Gasteiger partial charge on any atom is 0.244 e. The fourth-order valence-electron chi connectivity index (χ4n) is 1.62. The van der Waals surface area contributed by atoms with E-state index in [4.69, 9.17) is 20.6 Å². The molecule has 0 aliphatic carbocycles. The fraction of sp³-hybridized carbons (Fsp3) is 0.267. The molecule has 0 bridgehead atoms. The van der Waals surface area contributed by atoms with Crippen LogP contribution >= 0.6 is 0 Å². The van der Waals surface area contributed by atoms with E-state index in [-0.39, 0.29) is 12.5 Å². The van der Waals surface area contributed by atoms with Crippen molar-refractivity contribution in [2.45, 2.75) is 0 Å². The van der Waals surface area contributed by atoms with Gasteiger partial charge in [-0.2, -0.15) is 0 Å². The highest BCUT2D eigenvalue weighted by atomic mass is 16.5. The van der Waals surface area contributed by atoms with Crippen LogP contribution in [0.3, 0.4) is 0 Å². The van der Waals surface area contributed by atoms with E-state index in [2.05, 4.69) is 11.2 Å². The molecule has 0 atom stereocenters. The number of rotatable bonds is 6. The van der Waals surface area contributed by atoms with Crippen LogP contribution in [0.4, 0.5) is 0 Å². The largest absolute Gasteiger partial charge is 0.493 e. The smallest absolute Gasteiger partial charge is 0.244 e. The van der Waals surface area contributed by atoms with Gasteiger partial charge in [0.15, 0.2) is 11.5 Å². The van der Waals surface area contributed by atoms with Crippen LogP contribution in [-0.4, -0.2) is 33.8 Å². The summed E-state index contributed by atoms with van der Waals surface area (Å²) in [6, 6.07) is 3.51. The maximum absolute atomic E-state index is 11.5. The summed E-state index contributed by atoms with van der Waals surface area (Å²) in [4.78, 5) is 11.5. The molecule has 1 rings (SSSR count). The highest BCUT2D eigenvalue weighted by molar-refractivity contribution is 5.92. The summed E-state index contributed by atoms with van der Waals surface area (Å²) >= 11 is 0. The molecule has 1 aromatic rings. The Bertz CT molecular complexity index is 544. The Morgan fingerprint density at radius 3 is 2.50 bits per heavy atom. The minimum Gasteiger partial charge on any atom is -0.493 e. The van der Waals surface area contributed by atoms with Crippen molar-refractivity contribution in [2.75, 3.05) is 27.9 Å². The van der Waals surface area contributed by atoms with Crippen molar-refractivity contribution in [3.63, 3.8) is 0 Å². The van der Waals surface area contributed by atoms with Crippen molar-refractivity contribution in [3.05, 3.63) is 23.8 Å². The average Bonchev–Trinajstić information content (AvgIpc) is 2.49.